The highest BCUT2D eigenvalue weighted by Crippen LogP contribution is 2.49. The van der Waals surface area contributed by atoms with Crippen LogP contribution in [0.15, 0.2) is 218 Å². The van der Waals surface area contributed by atoms with Crippen molar-refractivity contribution in [2.45, 2.75) is 103 Å². The maximum absolute atomic E-state index is 10.7. The molecular weight excluding hydrogens is 985 g/mol. The molecule has 13 rings (SSSR count). The lowest BCUT2D eigenvalue weighted by molar-refractivity contribution is -0.571. The summed E-state index contributed by atoms with van der Waals surface area (Å²) < 4.78 is 312. The Labute approximate surface area is 522 Å². The van der Waals surface area contributed by atoms with Crippen LogP contribution in [-0.2, 0) is 21.7 Å². The fourth-order valence-electron chi connectivity index (χ4n) is 10.2. The molecular formula is C76H70N4O. The summed E-state index contributed by atoms with van der Waals surface area (Å²) in [5.41, 5.74) is -18.6. The van der Waals surface area contributed by atoms with Gasteiger partial charge in [0.1, 0.15) is 17.3 Å². The molecule has 5 heteroatoms. The van der Waals surface area contributed by atoms with Gasteiger partial charge in [0, 0.05) is 45.0 Å². The van der Waals surface area contributed by atoms with Gasteiger partial charge >= 0.3 is 0 Å². The maximum atomic E-state index is 10.7. The summed E-state index contributed by atoms with van der Waals surface area (Å²) in [4.78, 5) is 4.81. The van der Waals surface area contributed by atoms with Crippen LogP contribution < -0.4 is 9.30 Å². The van der Waals surface area contributed by atoms with Gasteiger partial charge < -0.3 is 4.74 Å². The van der Waals surface area contributed by atoms with Crippen molar-refractivity contribution in [3.8, 4) is 73.2 Å². The summed E-state index contributed by atoms with van der Waals surface area (Å²) in [6, 6.07) is 14.6. The van der Waals surface area contributed by atoms with Gasteiger partial charge in [-0.3, -0.25) is 13.7 Å². The Kier molecular flexibility index (Phi) is 6.52. The lowest BCUT2D eigenvalue weighted by atomic mass is 9.63. The van der Waals surface area contributed by atoms with Crippen molar-refractivity contribution in [1.82, 2.24) is 14.1 Å². The van der Waals surface area contributed by atoms with E-state index in [9.17, 15) is 27.4 Å². The number of aromatic nitrogens is 4. The molecule has 81 heavy (non-hydrogen) atoms. The molecule has 3 aromatic heterocycles. The number of rotatable bonds is 9. The zero-order valence-electron chi connectivity index (χ0n) is 76.7. The number of fused-ring (bicyclic) bond motifs is 5. The largest absolute Gasteiger partial charge is 0.458 e. The number of pyridine rings is 1. The molecule has 9 aromatic carbocycles. The summed E-state index contributed by atoms with van der Waals surface area (Å²) in [6.45, 7) is -6.82. The molecule has 0 saturated heterocycles. The van der Waals surface area contributed by atoms with E-state index in [1.54, 1.807) is 69.4 Å². The van der Waals surface area contributed by atoms with E-state index in [0.29, 0.717) is 11.6 Å². The number of nitrogens with zero attached hydrogens (tertiary/aromatic N) is 4. The first-order valence-electron chi connectivity index (χ1n) is 42.0. The van der Waals surface area contributed by atoms with E-state index in [4.69, 9.17) is 26.2 Å². The topological polar surface area (TPSA) is 35.9 Å². The molecule has 1 aliphatic rings. The molecule has 5 nitrogen and oxygen atoms in total. The minimum Gasteiger partial charge on any atom is -0.458 e. The zero-order chi connectivity index (χ0) is 83.5. The van der Waals surface area contributed by atoms with Crippen molar-refractivity contribution in [2.75, 3.05) is 0 Å². The highest BCUT2D eigenvalue weighted by Gasteiger charge is 2.37. The second-order valence-corrected chi connectivity index (χ2v) is 22.0. The molecule has 400 valence electrons. The van der Waals surface area contributed by atoms with Crippen LogP contribution in [0.1, 0.15) is 148 Å². The van der Waals surface area contributed by atoms with Crippen molar-refractivity contribution in [2.24, 2.45) is 0 Å². The van der Waals surface area contributed by atoms with Crippen LogP contribution in [0.3, 0.4) is 0 Å². The summed E-state index contributed by atoms with van der Waals surface area (Å²) >= 11 is 0. The molecule has 0 bridgehead atoms. The van der Waals surface area contributed by atoms with Crippen molar-refractivity contribution < 1.29 is 53.2 Å². The number of hydrogen-bond acceptors (Lipinski definition) is 2. The summed E-state index contributed by atoms with van der Waals surface area (Å²) in [5, 5.41) is 1.80. The minimum absolute atomic E-state index is 0.0110. The average Bonchev–Trinajstić information content (AvgIpc) is 1.03. The first-order chi connectivity index (χ1) is 52.1. The Bertz CT molecular complexity index is 5860. The van der Waals surface area contributed by atoms with Gasteiger partial charge in [0.15, 0.2) is 0 Å². The molecule has 0 radical (unpaired) electrons. The van der Waals surface area contributed by atoms with Crippen LogP contribution in [0.25, 0.3) is 94.5 Å². The van der Waals surface area contributed by atoms with Crippen molar-refractivity contribution in [3.63, 3.8) is 0 Å². The summed E-state index contributed by atoms with van der Waals surface area (Å²) in [7, 11) is 0. The smallest absolute Gasteiger partial charge is 0.269 e. The van der Waals surface area contributed by atoms with Crippen molar-refractivity contribution in [1.29, 1.82) is 0 Å². The Morgan fingerprint density at radius 1 is 0.543 bits per heavy atom. The van der Waals surface area contributed by atoms with E-state index in [-0.39, 0.29) is 33.4 Å². The summed E-state index contributed by atoms with van der Waals surface area (Å²) in [5.74, 6) is 1.21. The predicted molar refractivity (Wildman–Crippen MR) is 337 cm³/mol. The standard InChI is InChI=1S/C76H70N4O/c1-73(2,3)56-36-39-77-71(46-56)80-67-29-18-17-28-61(67)62-34-33-60(48-70(62)80)81-59-27-21-26-58(47-59)78-49-79(69-31-20-19-30-68(69)78)72-63(52-32-35-65-66(43-52)76(9,10)38-37-75(65,7)8)44-57(74(4,5)6)45-64(72)55-41-53(50-22-13-11-14-23-50)40-54(42-55)51-24-15-12-16-25-51/h11-36,39-48H,37-38H2,1-10H3/i7D3,8D3,9D3,10D3,11D,12D,13D,14D,15D,16D,22D,23D,24D,25D,32D,35D,37D2,38D2,40D,41D,42D,43D. The number of imidazole rings is 1. The van der Waals surface area contributed by atoms with Crippen LogP contribution >= 0.6 is 0 Å². The minimum atomic E-state index is -4.77. The van der Waals surface area contributed by atoms with Gasteiger partial charge in [0.25, 0.3) is 6.33 Å². The van der Waals surface area contributed by atoms with E-state index in [0.717, 1.165) is 27.4 Å². The molecule has 0 spiro atoms. The van der Waals surface area contributed by atoms with Crippen LogP contribution in [0.5, 0.6) is 11.5 Å². The molecule has 0 unspecified atom stereocenters. The highest BCUT2D eigenvalue weighted by atomic mass is 16.5. The number of benzene rings is 9. The van der Waals surface area contributed by atoms with Gasteiger partial charge in [-0.2, -0.15) is 0 Å². The third-order valence-corrected chi connectivity index (χ3v) is 14.3. The van der Waals surface area contributed by atoms with E-state index in [1.165, 1.54) is 33.4 Å². The normalized spacial score (nSPS) is 21.7. The van der Waals surface area contributed by atoms with Crippen LogP contribution in [0.4, 0.5) is 0 Å². The van der Waals surface area contributed by atoms with Gasteiger partial charge in [0.2, 0.25) is 0 Å². The van der Waals surface area contributed by atoms with Crippen LogP contribution in [-0.4, -0.2) is 14.1 Å². The molecule has 0 amide bonds. The SMILES string of the molecule is [2H]c1c([2H])c([2H])c(-c2c([2H])c(-c3cc(C(C)(C)C)cc(-c4c([2H])c([2H])c5c(c4[2H])C(C([2H])([2H])[2H])(C([2H])([2H])[2H])C([2H])([2H])C([2H])([2H])C5(C([2H])([2H])[2H])C([2H])([2H])[2H])c3-[n+]3[c-]n(-c4cccc(Oc5ccc6c7ccccc7n(-c7cc(C(C)(C)C)ccn7)c6c5)c4)c4ccccc43)c([2H])c(-c3c([2H])c([2H])c([2H])c([2H])c3[2H])c2[2H])c([2H])c1[2H]. The molecule has 0 fully saturated rings. The first kappa shape index (κ1) is 27.1. The van der Waals surface area contributed by atoms with Gasteiger partial charge in [-0.15, -0.1) is 0 Å². The second kappa shape index (κ2) is 19.5. The van der Waals surface area contributed by atoms with Gasteiger partial charge in [-0.1, -0.05) is 208 Å². The predicted octanol–water partition coefficient (Wildman–Crippen LogP) is 19.6. The van der Waals surface area contributed by atoms with Crippen LogP contribution in [0.2, 0.25) is 0 Å². The van der Waals surface area contributed by atoms with Crippen LogP contribution in [0, 0.1) is 6.33 Å². The fraction of sp³-hybridized carbons (Fsp3) is 0.211. The second-order valence-electron chi connectivity index (χ2n) is 22.0. The van der Waals surface area contributed by atoms with E-state index < -0.39 is 214 Å². The Morgan fingerprint density at radius 3 is 1.85 bits per heavy atom. The van der Waals surface area contributed by atoms with Gasteiger partial charge in [-0.25, -0.2) is 4.98 Å². The van der Waals surface area contributed by atoms with Crippen molar-refractivity contribution >= 4 is 32.8 Å². The third kappa shape index (κ3) is 9.42. The molecule has 3 heterocycles. The molecule has 1 aliphatic carbocycles. The zero-order valence-corrected chi connectivity index (χ0v) is 44.7. The third-order valence-electron chi connectivity index (χ3n) is 14.3. The van der Waals surface area contributed by atoms with Gasteiger partial charge in [-0.05, 0) is 168 Å². The lowest BCUT2D eigenvalue weighted by Gasteiger charge is -2.42. The van der Waals surface area contributed by atoms with Crippen molar-refractivity contribution in [3.05, 3.63) is 247 Å². The number of para-hydroxylation sites is 3. The van der Waals surface area contributed by atoms with E-state index in [1.807, 2.05) is 53.1 Å². The molecule has 0 aliphatic heterocycles. The Morgan fingerprint density at radius 2 is 1.16 bits per heavy atom. The molecule has 12 aromatic rings. The average molecular weight is 1090 g/mol. The highest BCUT2D eigenvalue weighted by molar-refractivity contribution is 6.09. The van der Waals surface area contributed by atoms with E-state index in [2.05, 4.69) is 27.1 Å². The quantitative estimate of drug-likeness (QED) is 0.107. The number of ether oxygens (including phenoxy) is 1. The maximum Gasteiger partial charge on any atom is 0.269 e. The summed E-state index contributed by atoms with van der Waals surface area (Å²) in [6.07, 6.45) is -4.45. The monoisotopic (exact) mass is 1090 g/mol. The van der Waals surface area contributed by atoms with E-state index >= 15 is 0 Å². The molecule has 0 N–H and O–H groups in total. The molecule has 0 atom stereocenters. The lowest BCUT2D eigenvalue weighted by Crippen LogP contribution is -2.34. The number of hydrogen-bond donors (Lipinski definition) is 0. The Balaban J connectivity index is 1.21. The van der Waals surface area contributed by atoms with Gasteiger partial charge in [0.05, 0.1) is 55.4 Å². The first-order valence-corrected chi connectivity index (χ1v) is 26.0. The fourth-order valence-corrected chi connectivity index (χ4v) is 10.2. The molecule has 0 saturated carbocycles. The Hall–Kier alpha value is -8.80.